The maximum absolute atomic E-state index is 12.5. The first kappa shape index (κ1) is 59.7. The van der Waals surface area contributed by atoms with Crippen LogP contribution in [0, 0.1) is 0 Å². The molecule has 4 amide bonds. The lowest BCUT2D eigenvalue weighted by Gasteiger charge is -2.29. The van der Waals surface area contributed by atoms with Crippen molar-refractivity contribution in [3.63, 3.8) is 0 Å². The van der Waals surface area contributed by atoms with Crippen molar-refractivity contribution in [2.75, 3.05) is 105 Å². The van der Waals surface area contributed by atoms with Gasteiger partial charge in [-0.05, 0) is 158 Å². The third-order valence-corrected chi connectivity index (χ3v) is 13.1. The number of benzene rings is 4. The zero-order valence-corrected chi connectivity index (χ0v) is 44.5. The van der Waals surface area contributed by atoms with Crippen molar-refractivity contribution in [2.45, 2.75) is 97.1 Å². The maximum Gasteiger partial charge on any atom is 0.407 e. The van der Waals surface area contributed by atoms with Gasteiger partial charge in [-0.15, -0.1) is 0 Å². The molecule has 1 saturated heterocycles. The summed E-state index contributed by atoms with van der Waals surface area (Å²) < 4.78 is 21.7. The molecule has 1 heterocycles. The Morgan fingerprint density at radius 2 is 0.520 bits per heavy atom. The fourth-order valence-corrected chi connectivity index (χ4v) is 8.88. The van der Waals surface area contributed by atoms with Crippen LogP contribution < -0.4 is 21.3 Å². The normalized spacial score (nSPS) is 14.6. The van der Waals surface area contributed by atoms with Crippen LogP contribution in [0.2, 0.25) is 0 Å². The Kier molecular flexibility index (Phi) is 30.5. The van der Waals surface area contributed by atoms with Crippen LogP contribution in [-0.4, -0.2) is 149 Å². The second kappa shape index (κ2) is 38.4. The van der Waals surface area contributed by atoms with Crippen molar-refractivity contribution < 1.29 is 38.1 Å². The summed E-state index contributed by atoms with van der Waals surface area (Å²) >= 11 is 0. The van der Waals surface area contributed by atoms with Gasteiger partial charge in [0.05, 0.1) is 0 Å². The van der Waals surface area contributed by atoms with Crippen molar-refractivity contribution in [3.8, 4) is 0 Å². The van der Waals surface area contributed by atoms with Crippen molar-refractivity contribution >= 4 is 24.4 Å². The second-order valence-electron chi connectivity index (χ2n) is 19.2. The van der Waals surface area contributed by atoms with E-state index >= 15 is 0 Å². The van der Waals surface area contributed by atoms with Crippen LogP contribution in [0.4, 0.5) is 19.2 Å². The van der Waals surface area contributed by atoms with Gasteiger partial charge in [0, 0.05) is 39.3 Å². The third kappa shape index (κ3) is 28.9. The number of unbranched alkanes of at least 4 members (excludes halogenated alkanes) is 4. The number of hydrogen-bond donors (Lipinski definition) is 4. The van der Waals surface area contributed by atoms with E-state index in [1.165, 1.54) is 0 Å². The SMILES string of the molecule is O=C(NCCCCN1CCCN(CCCCNC(=O)OCc2ccccc2)CCCN(CCCCNC(=O)OCc2ccccc2)CCN(CCCCNC(=O)OCc2ccccc2)CCC1)OCc1ccccc1. The minimum atomic E-state index is -0.394. The Morgan fingerprint density at radius 1 is 0.307 bits per heavy atom. The van der Waals surface area contributed by atoms with E-state index in [9.17, 15) is 19.2 Å². The molecule has 4 N–H and O–H groups in total. The predicted molar refractivity (Wildman–Crippen MR) is 295 cm³/mol. The zero-order chi connectivity index (χ0) is 52.6. The summed E-state index contributed by atoms with van der Waals surface area (Å²) in [4.78, 5) is 60.1. The molecule has 0 radical (unpaired) electrons. The Hall–Kier alpha value is -6.20. The van der Waals surface area contributed by atoms with Gasteiger partial charge in [0.1, 0.15) is 26.4 Å². The van der Waals surface area contributed by atoms with Gasteiger partial charge < -0.3 is 59.8 Å². The zero-order valence-electron chi connectivity index (χ0n) is 44.5. The number of amides is 4. The van der Waals surface area contributed by atoms with E-state index < -0.39 is 24.4 Å². The Balaban J connectivity index is 1.13. The molecular weight excluding hydrogens is 949 g/mol. The first-order chi connectivity index (χ1) is 36.9. The molecule has 16 heteroatoms. The number of ether oxygens (including phenoxy) is 4. The minimum absolute atomic E-state index is 0.248. The van der Waals surface area contributed by atoms with Crippen molar-refractivity contribution in [1.82, 2.24) is 40.9 Å². The summed E-state index contributed by atoms with van der Waals surface area (Å²) in [5.74, 6) is 0. The van der Waals surface area contributed by atoms with E-state index in [-0.39, 0.29) is 26.4 Å². The van der Waals surface area contributed by atoms with Gasteiger partial charge in [-0.2, -0.15) is 0 Å². The molecule has 0 bridgehead atoms. The summed E-state index contributed by atoms with van der Waals surface area (Å²) in [5, 5.41) is 11.7. The van der Waals surface area contributed by atoms with Gasteiger partial charge in [0.2, 0.25) is 0 Å². The van der Waals surface area contributed by atoms with Crippen molar-refractivity contribution in [3.05, 3.63) is 144 Å². The molecule has 5 rings (SSSR count). The molecule has 410 valence electrons. The number of rotatable bonds is 28. The molecule has 0 spiro atoms. The highest BCUT2D eigenvalue weighted by molar-refractivity contribution is 5.68. The van der Waals surface area contributed by atoms with Crippen LogP contribution in [0.1, 0.15) is 92.9 Å². The minimum Gasteiger partial charge on any atom is -0.445 e. The molecule has 4 aromatic rings. The molecule has 0 aliphatic carbocycles. The molecular formula is C59H86N8O8. The molecule has 0 saturated carbocycles. The maximum atomic E-state index is 12.5. The van der Waals surface area contributed by atoms with Crippen LogP contribution in [0.15, 0.2) is 121 Å². The van der Waals surface area contributed by atoms with E-state index in [2.05, 4.69) is 40.9 Å². The molecule has 4 aromatic carbocycles. The fraction of sp³-hybridized carbons (Fsp3) is 0.525. The molecule has 1 aliphatic rings. The largest absolute Gasteiger partial charge is 0.445 e. The topological polar surface area (TPSA) is 166 Å². The lowest BCUT2D eigenvalue weighted by atomic mass is 10.2. The first-order valence-corrected chi connectivity index (χ1v) is 27.6. The Morgan fingerprint density at radius 3 is 0.747 bits per heavy atom. The van der Waals surface area contributed by atoms with Crippen LogP contribution >= 0.6 is 0 Å². The highest BCUT2D eigenvalue weighted by atomic mass is 16.6. The summed E-state index contributed by atoms with van der Waals surface area (Å²) in [5.41, 5.74) is 3.84. The standard InChI is InChI=1S/C59H86N8O8/c68-56(72-48-52-24-5-1-6-25-52)60-32-13-17-36-64-40-21-41-65(37-18-14-33-61-57(69)73-49-53-26-7-2-8-27-53)43-23-45-67(39-20-16-35-63-59(71)75-51-55-30-11-4-12-31-55)47-46-66(44-22-42-64)38-19-15-34-62-58(70)74-50-54-28-9-3-10-29-54/h1-12,24-31H,13-23,32-51H2,(H,60,68)(H,61,69)(H,62,70)(H,63,71). The van der Waals surface area contributed by atoms with Crippen LogP contribution in [0.3, 0.4) is 0 Å². The molecule has 16 nitrogen and oxygen atoms in total. The quantitative estimate of drug-likeness (QED) is 0.0315. The number of nitrogens with one attached hydrogen (secondary N) is 4. The van der Waals surface area contributed by atoms with Crippen molar-refractivity contribution in [2.24, 2.45) is 0 Å². The average Bonchev–Trinajstić information content (AvgIpc) is 3.44. The lowest BCUT2D eigenvalue weighted by Crippen LogP contribution is -2.39. The summed E-state index contributed by atoms with van der Waals surface area (Å²) in [6, 6.07) is 38.8. The Bertz CT molecular complexity index is 1960. The smallest absolute Gasteiger partial charge is 0.407 e. The van der Waals surface area contributed by atoms with E-state index in [4.69, 9.17) is 18.9 Å². The number of carbonyl (C=O) groups is 4. The highest BCUT2D eigenvalue weighted by Crippen LogP contribution is 2.10. The number of alkyl carbamates (subject to hydrolysis) is 4. The van der Waals surface area contributed by atoms with Gasteiger partial charge in [-0.3, -0.25) is 0 Å². The molecule has 0 aromatic heterocycles. The average molecular weight is 1040 g/mol. The fourth-order valence-electron chi connectivity index (χ4n) is 8.88. The van der Waals surface area contributed by atoms with E-state index in [0.29, 0.717) is 26.2 Å². The van der Waals surface area contributed by atoms with Crippen LogP contribution in [0.25, 0.3) is 0 Å². The van der Waals surface area contributed by atoms with E-state index in [1.807, 2.05) is 121 Å². The van der Waals surface area contributed by atoms with Crippen LogP contribution in [0.5, 0.6) is 0 Å². The number of hydrogen-bond acceptors (Lipinski definition) is 12. The monoisotopic (exact) mass is 1030 g/mol. The van der Waals surface area contributed by atoms with Gasteiger partial charge in [0.15, 0.2) is 0 Å². The third-order valence-electron chi connectivity index (χ3n) is 13.1. The van der Waals surface area contributed by atoms with E-state index in [0.717, 1.165) is 171 Å². The molecule has 1 fully saturated rings. The van der Waals surface area contributed by atoms with Gasteiger partial charge in [-0.25, -0.2) is 19.2 Å². The summed E-state index contributed by atoms with van der Waals surface area (Å²) in [7, 11) is 0. The van der Waals surface area contributed by atoms with Gasteiger partial charge >= 0.3 is 24.4 Å². The summed E-state index contributed by atoms with van der Waals surface area (Å²) in [6.45, 7) is 14.8. The van der Waals surface area contributed by atoms with Gasteiger partial charge in [-0.1, -0.05) is 121 Å². The van der Waals surface area contributed by atoms with Crippen molar-refractivity contribution in [1.29, 1.82) is 0 Å². The number of carbonyl (C=O) groups excluding carboxylic acids is 4. The highest BCUT2D eigenvalue weighted by Gasteiger charge is 2.16. The lowest BCUT2D eigenvalue weighted by molar-refractivity contribution is 0.138. The molecule has 75 heavy (non-hydrogen) atoms. The Labute approximate surface area is 447 Å². The van der Waals surface area contributed by atoms with Gasteiger partial charge in [0.25, 0.3) is 0 Å². The van der Waals surface area contributed by atoms with E-state index in [1.54, 1.807) is 0 Å². The van der Waals surface area contributed by atoms with Crippen LogP contribution in [-0.2, 0) is 45.4 Å². The molecule has 0 atom stereocenters. The predicted octanol–water partition coefficient (Wildman–Crippen LogP) is 9.20. The summed E-state index contributed by atoms with van der Waals surface area (Å²) in [6.07, 6.45) is 8.81. The number of nitrogens with zero attached hydrogens (tertiary/aromatic N) is 4. The molecule has 1 aliphatic heterocycles. The molecule has 0 unspecified atom stereocenters. The first-order valence-electron chi connectivity index (χ1n) is 27.6. The second-order valence-corrected chi connectivity index (χ2v) is 19.2.